The maximum absolute atomic E-state index is 13.0. The zero-order chi connectivity index (χ0) is 18.7. The number of nitriles is 1. The Morgan fingerprint density at radius 1 is 1.31 bits per heavy atom. The number of fused-ring (bicyclic) bond motifs is 1. The van der Waals surface area contributed by atoms with Crippen molar-refractivity contribution in [1.82, 2.24) is 4.98 Å². The van der Waals surface area contributed by atoms with Gasteiger partial charge in [0.05, 0.1) is 12.2 Å². The van der Waals surface area contributed by atoms with Crippen molar-refractivity contribution >= 4 is 22.8 Å². The van der Waals surface area contributed by atoms with Gasteiger partial charge in [-0.15, -0.1) is 0 Å². The van der Waals surface area contributed by atoms with E-state index in [1.165, 1.54) is 12.1 Å². The summed E-state index contributed by atoms with van der Waals surface area (Å²) < 4.78 is 5.35. The number of ketones is 1. The summed E-state index contributed by atoms with van der Waals surface area (Å²) >= 11 is 0. The van der Waals surface area contributed by atoms with Gasteiger partial charge in [0.1, 0.15) is 11.6 Å². The molecule has 0 bridgehead atoms. The number of hydrogen-bond donors (Lipinski definition) is 2. The molecule has 0 aliphatic carbocycles. The van der Waals surface area contributed by atoms with Crippen LogP contribution in [0.2, 0.25) is 0 Å². The van der Waals surface area contributed by atoms with Crippen LogP contribution in [-0.4, -0.2) is 22.5 Å². The van der Waals surface area contributed by atoms with E-state index in [-0.39, 0.29) is 17.1 Å². The SMILES string of the molecule is CCOc1cc(/C=C(\C#N)C(=O)c2c(C)[nH]c3ccccc23)ccc1O. The van der Waals surface area contributed by atoms with E-state index in [2.05, 4.69) is 4.98 Å². The lowest BCUT2D eigenvalue weighted by molar-refractivity contribution is 0.104. The second-order valence-corrected chi connectivity index (χ2v) is 5.83. The van der Waals surface area contributed by atoms with Gasteiger partial charge in [-0.05, 0) is 43.7 Å². The third-order valence-corrected chi connectivity index (χ3v) is 4.08. The summed E-state index contributed by atoms with van der Waals surface area (Å²) in [6.45, 7) is 4.03. The Labute approximate surface area is 151 Å². The van der Waals surface area contributed by atoms with Crippen molar-refractivity contribution in [3.8, 4) is 17.6 Å². The molecule has 0 spiro atoms. The van der Waals surface area contributed by atoms with Gasteiger partial charge in [-0.3, -0.25) is 4.79 Å². The number of carbonyl (C=O) groups excluding carboxylic acids is 1. The molecule has 2 aromatic carbocycles. The Balaban J connectivity index is 2.04. The number of allylic oxidation sites excluding steroid dienone is 1. The summed E-state index contributed by atoms with van der Waals surface area (Å²) in [4.78, 5) is 16.1. The topological polar surface area (TPSA) is 86.1 Å². The molecule has 26 heavy (non-hydrogen) atoms. The van der Waals surface area contributed by atoms with Gasteiger partial charge in [-0.2, -0.15) is 5.26 Å². The van der Waals surface area contributed by atoms with E-state index in [9.17, 15) is 15.2 Å². The van der Waals surface area contributed by atoms with E-state index in [4.69, 9.17) is 4.74 Å². The number of aromatic nitrogens is 1. The number of nitrogens with zero attached hydrogens (tertiary/aromatic N) is 1. The Bertz CT molecular complexity index is 1050. The first-order valence-corrected chi connectivity index (χ1v) is 8.24. The van der Waals surface area contributed by atoms with Crippen LogP contribution in [-0.2, 0) is 0 Å². The fourth-order valence-electron chi connectivity index (χ4n) is 2.91. The van der Waals surface area contributed by atoms with Crippen molar-refractivity contribution in [2.24, 2.45) is 0 Å². The first-order valence-electron chi connectivity index (χ1n) is 8.24. The minimum absolute atomic E-state index is 0.0151. The molecule has 130 valence electrons. The maximum atomic E-state index is 13.0. The highest BCUT2D eigenvalue weighted by Crippen LogP contribution is 2.29. The van der Waals surface area contributed by atoms with Gasteiger partial charge in [0.2, 0.25) is 5.78 Å². The molecule has 0 radical (unpaired) electrons. The van der Waals surface area contributed by atoms with Crippen LogP contribution in [0.4, 0.5) is 0 Å². The molecule has 3 aromatic rings. The van der Waals surface area contributed by atoms with Gasteiger partial charge in [0, 0.05) is 16.6 Å². The predicted octanol–water partition coefficient (Wildman–Crippen LogP) is 4.37. The Morgan fingerprint density at radius 3 is 2.81 bits per heavy atom. The van der Waals surface area contributed by atoms with Gasteiger partial charge in [-0.25, -0.2) is 0 Å². The van der Waals surface area contributed by atoms with E-state index in [0.717, 1.165) is 16.6 Å². The number of H-pyrrole nitrogens is 1. The molecule has 5 heteroatoms. The lowest BCUT2D eigenvalue weighted by atomic mass is 9.99. The van der Waals surface area contributed by atoms with Crippen LogP contribution in [0.25, 0.3) is 17.0 Å². The van der Waals surface area contributed by atoms with Crippen molar-refractivity contribution in [3.63, 3.8) is 0 Å². The molecule has 0 amide bonds. The highest BCUT2D eigenvalue weighted by molar-refractivity contribution is 6.20. The van der Waals surface area contributed by atoms with Crippen LogP contribution in [0.3, 0.4) is 0 Å². The summed E-state index contributed by atoms with van der Waals surface area (Å²) in [7, 11) is 0. The van der Waals surface area contributed by atoms with Crippen molar-refractivity contribution in [2.45, 2.75) is 13.8 Å². The van der Waals surface area contributed by atoms with Gasteiger partial charge in [-0.1, -0.05) is 24.3 Å². The number of hydrogen-bond acceptors (Lipinski definition) is 4. The number of aromatic amines is 1. The third-order valence-electron chi connectivity index (χ3n) is 4.08. The molecule has 0 atom stereocenters. The Kier molecular flexibility index (Phi) is 4.76. The zero-order valence-electron chi connectivity index (χ0n) is 14.5. The van der Waals surface area contributed by atoms with Crippen LogP contribution < -0.4 is 4.74 Å². The minimum atomic E-state index is -0.339. The highest BCUT2D eigenvalue weighted by Gasteiger charge is 2.19. The zero-order valence-corrected chi connectivity index (χ0v) is 14.5. The summed E-state index contributed by atoms with van der Waals surface area (Å²) in [5.74, 6) is -0.0101. The number of aromatic hydroxyl groups is 1. The molecule has 0 unspecified atom stereocenters. The van der Waals surface area contributed by atoms with Crippen LogP contribution in [0.5, 0.6) is 11.5 Å². The quantitative estimate of drug-likeness (QED) is 0.408. The van der Waals surface area contributed by atoms with Crippen molar-refractivity contribution in [2.75, 3.05) is 6.61 Å². The fraction of sp³-hybridized carbons (Fsp3) is 0.143. The third kappa shape index (κ3) is 3.17. The van der Waals surface area contributed by atoms with E-state index < -0.39 is 0 Å². The van der Waals surface area contributed by atoms with Crippen LogP contribution in [0.15, 0.2) is 48.0 Å². The molecular formula is C21H18N2O3. The second kappa shape index (κ2) is 7.16. The number of aryl methyl sites for hydroxylation is 1. The van der Waals surface area contributed by atoms with Crippen molar-refractivity contribution in [1.29, 1.82) is 5.26 Å². The molecule has 0 fully saturated rings. The lowest BCUT2D eigenvalue weighted by Gasteiger charge is -2.07. The average Bonchev–Trinajstić information content (AvgIpc) is 2.97. The summed E-state index contributed by atoms with van der Waals surface area (Å²) in [6, 6.07) is 14.2. The number of benzene rings is 2. The molecule has 3 rings (SSSR count). The normalized spacial score (nSPS) is 11.3. The Morgan fingerprint density at radius 2 is 2.08 bits per heavy atom. The number of carbonyl (C=O) groups is 1. The number of phenolic OH excluding ortho intramolecular Hbond substituents is 1. The average molecular weight is 346 g/mol. The summed E-state index contributed by atoms with van der Waals surface area (Å²) in [6.07, 6.45) is 1.51. The van der Waals surface area contributed by atoms with Crippen LogP contribution in [0, 0.1) is 18.3 Å². The molecule has 1 heterocycles. The van der Waals surface area contributed by atoms with E-state index >= 15 is 0 Å². The van der Waals surface area contributed by atoms with Crippen molar-refractivity contribution in [3.05, 3.63) is 64.9 Å². The number of rotatable bonds is 5. The van der Waals surface area contributed by atoms with Gasteiger partial charge < -0.3 is 14.8 Å². The van der Waals surface area contributed by atoms with Gasteiger partial charge in [0.15, 0.2) is 11.5 Å². The number of ether oxygens (including phenoxy) is 1. The summed E-state index contributed by atoms with van der Waals surface area (Å²) in [5, 5.41) is 20.1. The van der Waals surface area contributed by atoms with Crippen LogP contribution in [0.1, 0.15) is 28.5 Å². The predicted molar refractivity (Wildman–Crippen MR) is 100 cm³/mol. The lowest BCUT2D eigenvalue weighted by Crippen LogP contribution is -2.03. The largest absolute Gasteiger partial charge is 0.504 e. The molecule has 0 aliphatic rings. The molecular weight excluding hydrogens is 328 g/mol. The maximum Gasteiger partial charge on any atom is 0.205 e. The van der Waals surface area contributed by atoms with Gasteiger partial charge >= 0.3 is 0 Å². The molecule has 2 N–H and O–H groups in total. The van der Waals surface area contributed by atoms with E-state index in [0.29, 0.717) is 23.5 Å². The fourth-order valence-corrected chi connectivity index (χ4v) is 2.91. The first kappa shape index (κ1) is 17.3. The van der Waals surface area contributed by atoms with Crippen LogP contribution >= 0.6 is 0 Å². The number of para-hydroxylation sites is 1. The smallest absolute Gasteiger partial charge is 0.205 e. The standard InChI is InChI=1S/C21H18N2O3/c1-3-26-19-11-14(8-9-18(19)24)10-15(12-22)21(25)20-13(2)23-17-7-5-4-6-16(17)20/h4-11,23-24H,3H2,1-2H3/b15-10+. The van der Waals surface area contributed by atoms with E-state index in [1.807, 2.05) is 44.2 Å². The second-order valence-electron chi connectivity index (χ2n) is 5.83. The number of phenols is 1. The minimum Gasteiger partial charge on any atom is -0.504 e. The molecule has 0 aliphatic heterocycles. The molecule has 0 saturated heterocycles. The number of nitrogens with one attached hydrogen (secondary N) is 1. The number of Topliss-reactive ketones (excluding diaryl/α,β-unsaturated/α-hetero) is 1. The van der Waals surface area contributed by atoms with Gasteiger partial charge in [0.25, 0.3) is 0 Å². The molecule has 1 aromatic heterocycles. The molecule has 0 saturated carbocycles. The molecule has 5 nitrogen and oxygen atoms in total. The highest BCUT2D eigenvalue weighted by atomic mass is 16.5. The van der Waals surface area contributed by atoms with E-state index in [1.54, 1.807) is 12.1 Å². The van der Waals surface area contributed by atoms with Crippen molar-refractivity contribution < 1.29 is 14.6 Å². The Hall–Kier alpha value is -3.52. The first-order chi connectivity index (χ1) is 12.5. The summed E-state index contributed by atoms with van der Waals surface area (Å²) in [5.41, 5.74) is 2.70. The monoisotopic (exact) mass is 346 g/mol.